The molecule has 8 heteroatoms. The van der Waals surface area contributed by atoms with Crippen LogP contribution in [-0.2, 0) is 11.3 Å². The van der Waals surface area contributed by atoms with E-state index in [-0.39, 0.29) is 30.8 Å². The van der Waals surface area contributed by atoms with Crippen LogP contribution < -0.4 is 9.64 Å². The van der Waals surface area contributed by atoms with Crippen LogP contribution in [0.15, 0.2) is 18.2 Å². The van der Waals surface area contributed by atoms with E-state index in [4.69, 9.17) is 14.6 Å². The minimum absolute atomic E-state index is 0. The number of carbonyl (C=O) groups is 1. The van der Waals surface area contributed by atoms with Crippen LogP contribution in [0.5, 0.6) is 5.75 Å². The Balaban J connectivity index is 0.00000169. The summed E-state index contributed by atoms with van der Waals surface area (Å²) in [5.74, 6) is -0.301. The number of nitrogens with one attached hydrogen (secondary N) is 1. The van der Waals surface area contributed by atoms with E-state index in [1.54, 1.807) is 7.11 Å². The first-order valence-corrected chi connectivity index (χ1v) is 7.53. The lowest BCUT2D eigenvalue weighted by Gasteiger charge is -2.23. The van der Waals surface area contributed by atoms with E-state index < -0.39 is 5.97 Å². The second-order valence-corrected chi connectivity index (χ2v) is 5.79. The number of hydrogen-bond donors (Lipinski definition) is 2. The number of benzene rings is 1. The normalized spacial score (nSPS) is 18.4. The molecule has 1 atom stereocenters. The predicted octanol–water partition coefficient (Wildman–Crippen LogP) is 2.31. The lowest BCUT2D eigenvalue weighted by atomic mass is 10.0. The highest BCUT2D eigenvalue weighted by Crippen LogP contribution is 2.40. The van der Waals surface area contributed by atoms with Crippen LogP contribution in [0, 0.1) is 0 Å². The number of halogens is 1. The fraction of sp³-hybridized carbons (Fsp3) is 0.375. The molecule has 0 bridgehead atoms. The minimum Gasteiger partial charge on any atom is -0.488 e. The van der Waals surface area contributed by atoms with Gasteiger partial charge in [-0.15, -0.1) is 12.4 Å². The Morgan fingerprint density at radius 2 is 2.33 bits per heavy atom. The van der Waals surface area contributed by atoms with Crippen molar-refractivity contribution in [2.24, 2.45) is 0 Å². The average Bonchev–Trinajstić information content (AvgIpc) is 3.20. The number of carboxylic acid groups (broad SMARTS) is 1. The summed E-state index contributed by atoms with van der Waals surface area (Å²) in [4.78, 5) is 13.4. The van der Waals surface area contributed by atoms with Crippen molar-refractivity contribution in [1.29, 1.82) is 0 Å². The first kappa shape index (κ1) is 16.6. The highest BCUT2D eigenvalue weighted by molar-refractivity contribution is 5.90. The van der Waals surface area contributed by atoms with E-state index in [2.05, 4.69) is 15.1 Å². The van der Waals surface area contributed by atoms with Gasteiger partial charge >= 0.3 is 5.97 Å². The summed E-state index contributed by atoms with van der Waals surface area (Å²) in [6, 6.07) is 5.97. The molecule has 1 aromatic heterocycles. The zero-order chi connectivity index (χ0) is 16.0. The Labute approximate surface area is 145 Å². The van der Waals surface area contributed by atoms with E-state index in [1.165, 1.54) is 0 Å². The Bertz CT molecular complexity index is 777. The monoisotopic (exact) mass is 351 g/mol. The van der Waals surface area contributed by atoms with Gasteiger partial charge < -0.3 is 19.5 Å². The quantitative estimate of drug-likeness (QED) is 0.882. The molecule has 2 aliphatic heterocycles. The molecule has 4 rings (SSSR count). The summed E-state index contributed by atoms with van der Waals surface area (Å²) >= 11 is 0. The molecule has 0 saturated carbocycles. The molecule has 24 heavy (non-hydrogen) atoms. The third-order valence-electron chi connectivity index (χ3n) is 4.52. The first-order valence-electron chi connectivity index (χ1n) is 7.53. The number of ether oxygens (including phenoxy) is 2. The van der Waals surface area contributed by atoms with E-state index in [1.807, 2.05) is 18.2 Å². The number of rotatable bonds is 3. The Kier molecular flexibility index (Phi) is 4.38. The predicted molar refractivity (Wildman–Crippen MR) is 90.2 cm³/mol. The third-order valence-corrected chi connectivity index (χ3v) is 4.52. The van der Waals surface area contributed by atoms with Crippen molar-refractivity contribution in [1.82, 2.24) is 10.2 Å². The van der Waals surface area contributed by atoms with Crippen molar-refractivity contribution >= 4 is 24.1 Å². The van der Waals surface area contributed by atoms with E-state index >= 15 is 0 Å². The topological polar surface area (TPSA) is 87.7 Å². The van der Waals surface area contributed by atoms with Crippen molar-refractivity contribution < 1.29 is 19.4 Å². The second kappa shape index (κ2) is 6.33. The van der Waals surface area contributed by atoms with Gasteiger partial charge in [0.25, 0.3) is 0 Å². The van der Waals surface area contributed by atoms with Crippen molar-refractivity contribution in [2.75, 3.05) is 25.1 Å². The van der Waals surface area contributed by atoms with Crippen molar-refractivity contribution in [2.45, 2.75) is 19.1 Å². The average molecular weight is 352 g/mol. The number of H-pyrrole nitrogens is 1. The number of fused-ring (bicyclic) bond motifs is 3. The van der Waals surface area contributed by atoms with Gasteiger partial charge in [-0.05, 0) is 18.6 Å². The van der Waals surface area contributed by atoms with Crippen LogP contribution in [-0.4, -0.2) is 47.6 Å². The standard InChI is InChI=1S/C16H17N3O4.ClH/c1-22-10-4-5-19(7-10)9-2-3-11-13(6-9)23-8-12-14(11)17-18-15(12)16(20)21;/h2-3,6,10H,4-5,7-8H2,1H3,(H,17,18)(H,20,21);1H/t10-;/m0./s1. The Hall–Kier alpha value is -2.25. The van der Waals surface area contributed by atoms with Gasteiger partial charge in [0.1, 0.15) is 12.4 Å². The number of carboxylic acids is 1. The summed E-state index contributed by atoms with van der Waals surface area (Å²) in [6.45, 7) is 2.04. The van der Waals surface area contributed by atoms with Gasteiger partial charge in [-0.1, -0.05) is 0 Å². The molecule has 7 nitrogen and oxygen atoms in total. The van der Waals surface area contributed by atoms with Crippen molar-refractivity contribution in [3.05, 3.63) is 29.5 Å². The molecule has 0 unspecified atom stereocenters. The molecule has 1 saturated heterocycles. The number of aromatic amines is 1. The number of aromatic carboxylic acids is 1. The van der Waals surface area contributed by atoms with Crippen LogP contribution in [0.4, 0.5) is 5.69 Å². The van der Waals surface area contributed by atoms with Gasteiger partial charge in [-0.3, -0.25) is 5.10 Å². The van der Waals surface area contributed by atoms with Crippen LogP contribution in [0.25, 0.3) is 11.3 Å². The number of nitrogens with zero attached hydrogens (tertiary/aromatic N) is 2. The highest BCUT2D eigenvalue weighted by Gasteiger charge is 2.28. The number of aromatic nitrogens is 2. The molecule has 2 N–H and O–H groups in total. The van der Waals surface area contributed by atoms with E-state index in [9.17, 15) is 4.79 Å². The molecule has 128 valence electrons. The van der Waals surface area contributed by atoms with Gasteiger partial charge in [0.15, 0.2) is 5.69 Å². The van der Waals surface area contributed by atoms with Gasteiger partial charge in [-0.25, -0.2) is 4.79 Å². The summed E-state index contributed by atoms with van der Waals surface area (Å²) < 4.78 is 11.2. The summed E-state index contributed by atoms with van der Waals surface area (Å²) in [7, 11) is 1.74. The highest BCUT2D eigenvalue weighted by atomic mass is 35.5. The van der Waals surface area contributed by atoms with Crippen LogP contribution in [0.1, 0.15) is 22.5 Å². The summed E-state index contributed by atoms with van der Waals surface area (Å²) in [5.41, 5.74) is 3.28. The molecule has 1 fully saturated rings. The van der Waals surface area contributed by atoms with Gasteiger partial charge in [0.2, 0.25) is 0 Å². The maximum atomic E-state index is 11.2. The molecule has 2 aliphatic rings. The molecule has 0 amide bonds. The lowest BCUT2D eigenvalue weighted by molar-refractivity contribution is 0.0687. The van der Waals surface area contributed by atoms with Crippen molar-refractivity contribution in [3.63, 3.8) is 0 Å². The van der Waals surface area contributed by atoms with Crippen LogP contribution in [0.3, 0.4) is 0 Å². The number of anilines is 1. The van der Waals surface area contributed by atoms with E-state index in [0.29, 0.717) is 5.56 Å². The number of hydrogen-bond acceptors (Lipinski definition) is 5. The summed E-state index contributed by atoms with van der Waals surface area (Å²) in [6.07, 6.45) is 1.28. The van der Waals surface area contributed by atoms with Gasteiger partial charge in [-0.2, -0.15) is 5.10 Å². The molecule has 3 heterocycles. The molecule has 2 aromatic rings. The largest absolute Gasteiger partial charge is 0.488 e. The Morgan fingerprint density at radius 3 is 3.04 bits per heavy atom. The molecular formula is C16H18ClN3O4. The minimum atomic E-state index is -1.05. The smallest absolute Gasteiger partial charge is 0.356 e. The lowest BCUT2D eigenvalue weighted by Crippen LogP contribution is -2.22. The fourth-order valence-electron chi connectivity index (χ4n) is 3.24. The fourth-order valence-corrected chi connectivity index (χ4v) is 3.24. The van der Waals surface area contributed by atoms with E-state index in [0.717, 1.165) is 42.2 Å². The maximum absolute atomic E-state index is 11.2. The molecular weight excluding hydrogens is 334 g/mol. The maximum Gasteiger partial charge on any atom is 0.356 e. The SMILES string of the molecule is CO[C@H]1CCN(c2ccc3c(c2)OCc2c(C(=O)O)n[nH]c2-3)C1.Cl. The Morgan fingerprint density at radius 1 is 1.50 bits per heavy atom. The second-order valence-electron chi connectivity index (χ2n) is 5.79. The molecule has 0 spiro atoms. The van der Waals surface area contributed by atoms with Crippen LogP contribution >= 0.6 is 12.4 Å². The molecule has 1 aromatic carbocycles. The molecule has 0 radical (unpaired) electrons. The number of methoxy groups -OCH3 is 1. The summed E-state index contributed by atoms with van der Waals surface area (Å²) in [5, 5.41) is 15.9. The van der Waals surface area contributed by atoms with Crippen molar-refractivity contribution in [3.8, 4) is 17.0 Å². The third kappa shape index (κ3) is 2.59. The molecule has 0 aliphatic carbocycles. The zero-order valence-corrected chi connectivity index (χ0v) is 13.9. The van der Waals surface area contributed by atoms with Crippen LogP contribution in [0.2, 0.25) is 0 Å². The zero-order valence-electron chi connectivity index (χ0n) is 13.1. The van der Waals surface area contributed by atoms with Gasteiger partial charge in [0.05, 0.1) is 17.4 Å². The van der Waals surface area contributed by atoms with Gasteiger partial charge in [0, 0.05) is 37.5 Å². The first-order chi connectivity index (χ1) is 11.2.